The molecule has 0 unspecified atom stereocenters. The summed E-state index contributed by atoms with van der Waals surface area (Å²) in [6, 6.07) is 14.4. The second-order valence-corrected chi connectivity index (χ2v) is 9.23. The molecule has 4 rings (SSSR count). The van der Waals surface area contributed by atoms with E-state index in [0.29, 0.717) is 17.8 Å². The first kappa shape index (κ1) is 22.9. The number of nitrogens with one attached hydrogen (secondary N) is 1. The predicted molar refractivity (Wildman–Crippen MR) is 131 cm³/mol. The van der Waals surface area contributed by atoms with Gasteiger partial charge in [-0.05, 0) is 43.2 Å². The number of thioether (sulfide) groups is 1. The maximum Gasteiger partial charge on any atom is 0.248 e. The number of rotatable bonds is 7. The first-order valence-electron chi connectivity index (χ1n) is 11.2. The van der Waals surface area contributed by atoms with Crippen LogP contribution >= 0.6 is 11.8 Å². The number of hydrogen-bond acceptors (Lipinski definition) is 4. The molecule has 0 aliphatic carbocycles. The molecule has 0 atom stereocenters. The Morgan fingerprint density at radius 2 is 1.64 bits per heavy atom. The lowest BCUT2D eigenvalue weighted by Gasteiger charge is -2.20. The molecule has 2 heterocycles. The largest absolute Gasteiger partial charge is 0.366 e. The standard InChI is InChI=1S/C25H28N4O3S/c26-25(32)18-9-11-19(12-10-18)27-23(30)17-33-22-15-29(21-8-4-3-7-20(21)22)16-24(31)28-13-5-1-2-6-14-28/h3-4,7-12,15H,1-2,5-6,13-14,16-17H2,(H2,26,32)(H,27,30). The average molecular weight is 465 g/mol. The number of nitrogens with zero attached hydrogens (tertiary/aromatic N) is 2. The lowest BCUT2D eigenvalue weighted by Crippen LogP contribution is -2.34. The third-order valence-corrected chi connectivity index (χ3v) is 6.87. The normalized spacial score (nSPS) is 14.1. The quantitative estimate of drug-likeness (QED) is 0.519. The molecule has 1 fully saturated rings. The summed E-state index contributed by atoms with van der Waals surface area (Å²) < 4.78 is 1.99. The molecular formula is C25H28N4O3S. The number of amides is 3. The van der Waals surface area contributed by atoms with E-state index in [-0.39, 0.29) is 17.6 Å². The molecule has 0 saturated carbocycles. The lowest BCUT2D eigenvalue weighted by atomic mass is 10.2. The van der Waals surface area contributed by atoms with Gasteiger partial charge < -0.3 is 20.5 Å². The number of nitrogens with two attached hydrogens (primary N) is 1. The fourth-order valence-corrected chi connectivity index (χ4v) is 4.97. The van der Waals surface area contributed by atoms with E-state index >= 15 is 0 Å². The Bertz CT molecular complexity index is 1150. The van der Waals surface area contributed by atoms with Crippen molar-refractivity contribution in [1.82, 2.24) is 9.47 Å². The summed E-state index contributed by atoms with van der Waals surface area (Å²) >= 11 is 1.44. The van der Waals surface area contributed by atoms with E-state index in [0.717, 1.165) is 41.7 Å². The number of benzene rings is 2. The lowest BCUT2D eigenvalue weighted by molar-refractivity contribution is -0.131. The van der Waals surface area contributed by atoms with Crippen molar-refractivity contribution in [3.63, 3.8) is 0 Å². The summed E-state index contributed by atoms with van der Waals surface area (Å²) in [5, 5.41) is 3.87. The van der Waals surface area contributed by atoms with Crippen LogP contribution < -0.4 is 11.1 Å². The molecular weight excluding hydrogens is 436 g/mol. The molecule has 33 heavy (non-hydrogen) atoms. The number of carbonyl (C=O) groups excluding carboxylic acids is 3. The fraction of sp³-hybridized carbons (Fsp3) is 0.320. The van der Waals surface area contributed by atoms with Crippen molar-refractivity contribution < 1.29 is 14.4 Å². The molecule has 172 valence electrons. The van der Waals surface area contributed by atoms with Crippen molar-refractivity contribution in [2.24, 2.45) is 5.73 Å². The number of fused-ring (bicyclic) bond motifs is 1. The highest BCUT2D eigenvalue weighted by Gasteiger charge is 2.18. The van der Waals surface area contributed by atoms with Crippen molar-refractivity contribution in [2.75, 3.05) is 24.2 Å². The molecule has 8 heteroatoms. The van der Waals surface area contributed by atoms with E-state index in [1.54, 1.807) is 24.3 Å². The van der Waals surface area contributed by atoms with Crippen molar-refractivity contribution >= 4 is 46.1 Å². The molecule has 1 aliphatic rings. The number of hydrogen-bond donors (Lipinski definition) is 2. The maximum atomic E-state index is 12.9. The number of aromatic nitrogens is 1. The molecule has 3 aromatic rings. The molecule has 2 aromatic carbocycles. The first-order chi connectivity index (χ1) is 16.0. The van der Waals surface area contributed by atoms with Gasteiger partial charge in [-0.15, -0.1) is 11.8 Å². The van der Waals surface area contributed by atoms with Crippen molar-refractivity contribution in [2.45, 2.75) is 37.1 Å². The number of primary amides is 1. The summed E-state index contributed by atoms with van der Waals surface area (Å²) in [6.07, 6.45) is 6.49. The van der Waals surface area contributed by atoms with Crippen LogP contribution in [0.5, 0.6) is 0 Å². The fourth-order valence-electron chi connectivity index (χ4n) is 4.08. The van der Waals surface area contributed by atoms with Gasteiger partial charge in [0.25, 0.3) is 0 Å². The summed E-state index contributed by atoms with van der Waals surface area (Å²) in [5.74, 6) is -0.282. The van der Waals surface area contributed by atoms with Crippen LogP contribution in [0, 0.1) is 0 Å². The molecule has 3 amide bonds. The molecule has 1 aromatic heterocycles. The van der Waals surface area contributed by atoms with Gasteiger partial charge in [0.2, 0.25) is 17.7 Å². The molecule has 0 bridgehead atoms. The van der Waals surface area contributed by atoms with E-state index in [4.69, 9.17) is 5.73 Å². The van der Waals surface area contributed by atoms with E-state index in [1.165, 1.54) is 24.6 Å². The summed E-state index contributed by atoms with van der Waals surface area (Å²) in [6.45, 7) is 1.97. The minimum Gasteiger partial charge on any atom is -0.366 e. The van der Waals surface area contributed by atoms with Crippen LogP contribution in [0.3, 0.4) is 0 Å². The Kier molecular flexibility index (Phi) is 7.34. The molecule has 0 spiro atoms. The van der Waals surface area contributed by atoms with Gasteiger partial charge in [0.05, 0.1) is 5.75 Å². The van der Waals surface area contributed by atoms with Gasteiger partial charge in [-0.3, -0.25) is 14.4 Å². The number of anilines is 1. The highest BCUT2D eigenvalue weighted by atomic mass is 32.2. The zero-order chi connectivity index (χ0) is 23.2. The van der Waals surface area contributed by atoms with Crippen molar-refractivity contribution in [1.29, 1.82) is 0 Å². The highest BCUT2D eigenvalue weighted by Crippen LogP contribution is 2.30. The number of para-hydroxylation sites is 1. The third kappa shape index (κ3) is 5.76. The van der Waals surface area contributed by atoms with Crippen LogP contribution in [0.1, 0.15) is 36.0 Å². The summed E-state index contributed by atoms with van der Waals surface area (Å²) in [7, 11) is 0. The van der Waals surface area contributed by atoms with Crippen LogP contribution in [0.2, 0.25) is 0 Å². The predicted octanol–water partition coefficient (Wildman–Crippen LogP) is 3.87. The van der Waals surface area contributed by atoms with Gasteiger partial charge in [0.1, 0.15) is 6.54 Å². The van der Waals surface area contributed by atoms with Gasteiger partial charge in [0, 0.05) is 46.3 Å². The second-order valence-electron chi connectivity index (χ2n) is 8.21. The van der Waals surface area contributed by atoms with Crippen LogP contribution in [0.4, 0.5) is 5.69 Å². The van der Waals surface area contributed by atoms with Crippen LogP contribution in [-0.4, -0.2) is 46.0 Å². The molecule has 1 saturated heterocycles. The van der Waals surface area contributed by atoms with Gasteiger partial charge in [-0.1, -0.05) is 31.0 Å². The smallest absolute Gasteiger partial charge is 0.248 e. The van der Waals surface area contributed by atoms with E-state index in [1.807, 2.05) is 39.9 Å². The Morgan fingerprint density at radius 3 is 2.33 bits per heavy atom. The maximum absolute atomic E-state index is 12.9. The molecule has 7 nitrogen and oxygen atoms in total. The van der Waals surface area contributed by atoms with Crippen LogP contribution in [-0.2, 0) is 16.1 Å². The Balaban J connectivity index is 1.42. The number of likely N-dealkylation sites (tertiary alicyclic amines) is 1. The SMILES string of the molecule is NC(=O)c1ccc(NC(=O)CSc2cn(CC(=O)N3CCCCCC3)c3ccccc23)cc1. The second kappa shape index (κ2) is 10.6. The third-order valence-electron chi connectivity index (χ3n) is 5.83. The van der Waals surface area contributed by atoms with E-state index < -0.39 is 5.91 Å². The van der Waals surface area contributed by atoms with Gasteiger partial charge >= 0.3 is 0 Å². The van der Waals surface area contributed by atoms with Crippen LogP contribution in [0.25, 0.3) is 10.9 Å². The Morgan fingerprint density at radius 1 is 0.939 bits per heavy atom. The monoisotopic (exact) mass is 464 g/mol. The van der Waals surface area contributed by atoms with Crippen molar-refractivity contribution in [3.8, 4) is 0 Å². The molecule has 3 N–H and O–H groups in total. The topological polar surface area (TPSA) is 97.4 Å². The Hall–Kier alpha value is -3.26. The van der Waals surface area contributed by atoms with Gasteiger partial charge in [-0.25, -0.2) is 0 Å². The molecule has 1 aliphatic heterocycles. The number of carbonyl (C=O) groups is 3. The highest BCUT2D eigenvalue weighted by molar-refractivity contribution is 8.00. The Labute approximate surface area is 197 Å². The zero-order valence-corrected chi connectivity index (χ0v) is 19.3. The minimum atomic E-state index is -0.505. The van der Waals surface area contributed by atoms with E-state index in [2.05, 4.69) is 5.32 Å². The van der Waals surface area contributed by atoms with E-state index in [9.17, 15) is 14.4 Å². The molecule has 0 radical (unpaired) electrons. The van der Waals surface area contributed by atoms with Crippen LogP contribution in [0.15, 0.2) is 59.6 Å². The summed E-state index contributed by atoms with van der Waals surface area (Å²) in [4.78, 5) is 39.5. The average Bonchev–Trinajstić information content (AvgIpc) is 2.98. The first-order valence-corrected chi connectivity index (χ1v) is 12.2. The van der Waals surface area contributed by atoms with Gasteiger partial charge in [0.15, 0.2) is 0 Å². The van der Waals surface area contributed by atoms with Crippen molar-refractivity contribution in [3.05, 3.63) is 60.3 Å². The van der Waals surface area contributed by atoms with Gasteiger partial charge in [-0.2, -0.15) is 0 Å². The zero-order valence-electron chi connectivity index (χ0n) is 18.5. The summed E-state index contributed by atoms with van der Waals surface area (Å²) in [5.41, 5.74) is 7.24. The minimum absolute atomic E-state index is 0.145.